The standard InChI is InChI=1S/C21H22FN5O5.C7H13NO2S/c1-10-12(20(23)28)6-27-17(10)21(24-9-25-27)26-13-4-3-11(22)5-14(13)32-16-8-31-18-15(29-2)7-30-19(16)18;1-10-6-7(9)8-2-4-11-5-3-8/h3-6,9,15-16,18-19H,7-8H2,1-2H3,(H2,23,28)(H,24,25,26);2-6H2,1H3/t15?,16?,18-,19-;/m1./s1. The Bertz CT molecular complexity index is 1450. The first-order chi connectivity index (χ1) is 20.8. The number of fused-ring (bicyclic) bond motifs is 2. The summed E-state index contributed by atoms with van der Waals surface area (Å²) in [7, 11) is 3.16. The van der Waals surface area contributed by atoms with Crippen molar-refractivity contribution in [3.63, 3.8) is 0 Å². The van der Waals surface area contributed by atoms with Gasteiger partial charge in [-0.1, -0.05) is 0 Å². The molecule has 5 heterocycles. The highest BCUT2D eigenvalue weighted by atomic mass is 32.2. The van der Waals surface area contributed by atoms with Crippen molar-refractivity contribution < 1.29 is 37.7 Å². The van der Waals surface area contributed by atoms with Crippen LogP contribution in [-0.2, 0) is 23.7 Å². The van der Waals surface area contributed by atoms with Crippen molar-refractivity contribution in [2.75, 3.05) is 64.0 Å². The fourth-order valence-corrected chi connectivity index (χ4v) is 6.15. The maximum atomic E-state index is 14.1. The highest BCUT2D eigenvalue weighted by molar-refractivity contribution is 7.99. The molecule has 0 saturated carbocycles. The molecule has 0 aliphatic carbocycles. The van der Waals surface area contributed by atoms with E-state index in [1.165, 1.54) is 23.0 Å². The van der Waals surface area contributed by atoms with E-state index in [1.807, 2.05) is 16.7 Å². The highest BCUT2D eigenvalue weighted by Crippen LogP contribution is 2.36. The summed E-state index contributed by atoms with van der Waals surface area (Å²) < 4.78 is 43.5. The van der Waals surface area contributed by atoms with Crippen LogP contribution in [-0.4, -0.2) is 114 Å². The molecule has 13 nitrogen and oxygen atoms in total. The Morgan fingerprint density at radius 2 is 1.88 bits per heavy atom. The summed E-state index contributed by atoms with van der Waals surface area (Å²) in [5.74, 6) is 1.92. The Morgan fingerprint density at radius 3 is 2.58 bits per heavy atom. The van der Waals surface area contributed by atoms with Gasteiger partial charge in [0.25, 0.3) is 5.91 Å². The number of amides is 2. The van der Waals surface area contributed by atoms with E-state index in [9.17, 15) is 14.0 Å². The number of anilines is 2. The number of benzene rings is 1. The van der Waals surface area contributed by atoms with Gasteiger partial charge in [0.2, 0.25) is 5.91 Å². The summed E-state index contributed by atoms with van der Waals surface area (Å²) in [6.07, 6.45) is 1.76. The van der Waals surface area contributed by atoms with Gasteiger partial charge in [0.05, 0.1) is 24.5 Å². The van der Waals surface area contributed by atoms with Gasteiger partial charge in [-0.25, -0.2) is 13.9 Å². The van der Waals surface area contributed by atoms with Crippen LogP contribution in [0.2, 0.25) is 0 Å². The highest BCUT2D eigenvalue weighted by Gasteiger charge is 2.49. The van der Waals surface area contributed by atoms with E-state index in [1.54, 1.807) is 33.4 Å². The van der Waals surface area contributed by atoms with Crippen molar-refractivity contribution in [3.8, 4) is 5.75 Å². The number of aryl methyl sites for hydroxylation is 1. The lowest BCUT2D eigenvalue weighted by Crippen LogP contribution is -2.39. The fraction of sp³-hybridized carbons (Fsp3) is 0.500. The summed E-state index contributed by atoms with van der Waals surface area (Å²) in [4.78, 5) is 29.1. The summed E-state index contributed by atoms with van der Waals surface area (Å²) in [5.41, 5.74) is 7.48. The largest absolute Gasteiger partial charge is 0.483 e. The van der Waals surface area contributed by atoms with Gasteiger partial charge < -0.3 is 39.6 Å². The molecular weight excluding hydrogens is 583 g/mol. The van der Waals surface area contributed by atoms with E-state index >= 15 is 0 Å². The van der Waals surface area contributed by atoms with Gasteiger partial charge in [-0.05, 0) is 24.6 Å². The second kappa shape index (κ2) is 13.9. The average molecular weight is 619 g/mol. The molecular formula is C28H35FN6O7S. The number of carbonyl (C=O) groups is 2. The monoisotopic (exact) mass is 618 g/mol. The number of nitrogens with zero attached hydrogens (tertiary/aromatic N) is 4. The Kier molecular flexibility index (Phi) is 9.97. The SMILES string of the molecule is COC1CO[C@@H]2C(Oc3cc(F)ccc3Nc3ncnn4cc(C(N)=O)c(C)c34)CO[C@H]12.COCC(=O)N1CCSCC1. The number of hydrogen-bond acceptors (Lipinski definition) is 11. The van der Waals surface area contributed by atoms with Crippen LogP contribution in [0.3, 0.4) is 0 Å². The summed E-state index contributed by atoms with van der Waals surface area (Å²) in [5, 5.41) is 7.31. The molecule has 6 rings (SSSR count). The van der Waals surface area contributed by atoms with E-state index < -0.39 is 17.8 Å². The van der Waals surface area contributed by atoms with Crippen LogP contribution < -0.4 is 15.8 Å². The van der Waals surface area contributed by atoms with Crippen LogP contribution in [0, 0.1) is 12.7 Å². The number of thioether (sulfide) groups is 1. The average Bonchev–Trinajstić information content (AvgIpc) is 3.70. The fourth-order valence-electron chi connectivity index (χ4n) is 5.25. The molecule has 4 atom stereocenters. The van der Waals surface area contributed by atoms with Gasteiger partial charge in [0, 0.05) is 51.1 Å². The maximum Gasteiger partial charge on any atom is 0.250 e. The zero-order valence-electron chi connectivity index (χ0n) is 24.2. The number of rotatable bonds is 8. The van der Waals surface area contributed by atoms with Gasteiger partial charge >= 0.3 is 0 Å². The van der Waals surface area contributed by atoms with Crippen LogP contribution in [0.5, 0.6) is 5.75 Å². The second-order valence-electron chi connectivity index (χ2n) is 10.2. The predicted octanol–water partition coefficient (Wildman–Crippen LogP) is 1.79. The van der Waals surface area contributed by atoms with Crippen molar-refractivity contribution in [2.24, 2.45) is 5.73 Å². The van der Waals surface area contributed by atoms with Crippen molar-refractivity contribution in [3.05, 3.63) is 47.7 Å². The van der Waals surface area contributed by atoms with Crippen molar-refractivity contribution in [1.82, 2.24) is 19.5 Å². The molecule has 0 spiro atoms. The topological polar surface area (TPSA) is 152 Å². The van der Waals surface area contributed by atoms with Gasteiger partial charge in [-0.2, -0.15) is 16.9 Å². The maximum absolute atomic E-state index is 14.1. The third-order valence-corrected chi connectivity index (χ3v) is 8.41. The lowest BCUT2D eigenvalue weighted by atomic mass is 10.1. The molecule has 0 bridgehead atoms. The molecule has 0 radical (unpaired) electrons. The summed E-state index contributed by atoms with van der Waals surface area (Å²) >= 11 is 1.90. The van der Waals surface area contributed by atoms with Gasteiger partial charge in [0.1, 0.15) is 48.3 Å². The minimum Gasteiger partial charge on any atom is -0.483 e. The summed E-state index contributed by atoms with van der Waals surface area (Å²) in [6, 6.07) is 4.16. The van der Waals surface area contributed by atoms with Crippen LogP contribution >= 0.6 is 11.8 Å². The number of carbonyl (C=O) groups excluding carboxylic acids is 2. The predicted molar refractivity (Wildman–Crippen MR) is 156 cm³/mol. The lowest BCUT2D eigenvalue weighted by Gasteiger charge is -2.25. The quantitative estimate of drug-likeness (QED) is 0.380. The number of nitrogens with one attached hydrogen (secondary N) is 1. The smallest absolute Gasteiger partial charge is 0.250 e. The molecule has 2 unspecified atom stereocenters. The lowest BCUT2D eigenvalue weighted by molar-refractivity contribution is -0.134. The van der Waals surface area contributed by atoms with Crippen LogP contribution in [0.4, 0.5) is 15.9 Å². The third kappa shape index (κ3) is 6.86. The second-order valence-corrected chi connectivity index (χ2v) is 11.4. The number of halogens is 1. The third-order valence-electron chi connectivity index (χ3n) is 7.46. The first-order valence-electron chi connectivity index (χ1n) is 13.8. The number of hydrogen-bond donors (Lipinski definition) is 2. The Morgan fingerprint density at radius 1 is 1.16 bits per heavy atom. The Balaban J connectivity index is 0.000000283. The van der Waals surface area contributed by atoms with Gasteiger partial charge in [0.15, 0.2) is 11.9 Å². The molecule has 3 saturated heterocycles. The number of methoxy groups -OCH3 is 2. The summed E-state index contributed by atoms with van der Waals surface area (Å²) in [6.45, 7) is 4.45. The number of ether oxygens (including phenoxy) is 5. The molecule has 3 aliphatic heterocycles. The van der Waals surface area contributed by atoms with Crippen LogP contribution in [0.25, 0.3) is 5.52 Å². The number of primary amides is 1. The molecule has 3 fully saturated rings. The van der Waals surface area contributed by atoms with E-state index in [0.29, 0.717) is 41.4 Å². The molecule has 2 amide bonds. The van der Waals surface area contributed by atoms with Crippen molar-refractivity contribution >= 4 is 40.6 Å². The van der Waals surface area contributed by atoms with E-state index in [-0.39, 0.29) is 36.6 Å². The van der Waals surface area contributed by atoms with E-state index in [0.717, 1.165) is 24.6 Å². The molecule has 2 aromatic heterocycles. The molecule has 3 aromatic rings. The van der Waals surface area contributed by atoms with Gasteiger partial charge in [-0.15, -0.1) is 0 Å². The molecule has 3 aliphatic rings. The first kappa shape index (κ1) is 30.9. The number of aromatic nitrogens is 3. The molecule has 1 aromatic carbocycles. The minimum atomic E-state index is -0.563. The van der Waals surface area contributed by atoms with E-state index in [2.05, 4.69) is 15.4 Å². The first-order valence-corrected chi connectivity index (χ1v) is 14.9. The van der Waals surface area contributed by atoms with Crippen molar-refractivity contribution in [1.29, 1.82) is 0 Å². The molecule has 232 valence electrons. The molecule has 43 heavy (non-hydrogen) atoms. The Hall–Kier alpha value is -3.50. The van der Waals surface area contributed by atoms with Crippen LogP contribution in [0.15, 0.2) is 30.7 Å². The zero-order valence-corrected chi connectivity index (χ0v) is 25.0. The Labute approximate surface area is 252 Å². The van der Waals surface area contributed by atoms with Crippen molar-refractivity contribution in [2.45, 2.75) is 31.3 Å². The molecule has 3 N–H and O–H groups in total. The zero-order chi connectivity index (χ0) is 30.5. The van der Waals surface area contributed by atoms with Gasteiger partial charge in [-0.3, -0.25) is 9.59 Å². The van der Waals surface area contributed by atoms with E-state index in [4.69, 9.17) is 29.4 Å². The van der Waals surface area contributed by atoms with Crippen LogP contribution in [0.1, 0.15) is 15.9 Å². The normalized spacial score (nSPS) is 23.0. The minimum absolute atomic E-state index is 0.118. The number of nitrogens with two attached hydrogens (primary N) is 1. The molecule has 15 heteroatoms.